The van der Waals surface area contributed by atoms with Crippen LogP contribution < -0.4 is 10.2 Å². The van der Waals surface area contributed by atoms with Crippen molar-refractivity contribution >= 4 is 17.2 Å². The maximum Gasteiger partial charge on any atom is 0.154 e. The molecule has 2 aromatic heterocycles. The van der Waals surface area contributed by atoms with Crippen molar-refractivity contribution in [1.29, 1.82) is 0 Å². The third kappa shape index (κ3) is 4.06. The second kappa shape index (κ2) is 8.65. The summed E-state index contributed by atoms with van der Waals surface area (Å²) in [5.41, 5.74) is 4.63. The minimum Gasteiger partial charge on any atom is -0.362 e. The predicted molar refractivity (Wildman–Crippen MR) is 127 cm³/mol. The largest absolute Gasteiger partial charge is 0.362 e. The zero-order chi connectivity index (χ0) is 22.9. The monoisotopic (exact) mass is 445 g/mol. The van der Waals surface area contributed by atoms with Crippen molar-refractivity contribution in [2.24, 2.45) is 0 Å². The van der Waals surface area contributed by atoms with Gasteiger partial charge in [0, 0.05) is 17.8 Å². The van der Waals surface area contributed by atoms with Gasteiger partial charge in [0.25, 0.3) is 0 Å². The third-order valence-corrected chi connectivity index (χ3v) is 6.10. The van der Waals surface area contributed by atoms with E-state index in [0.717, 1.165) is 30.6 Å². The predicted octanol–water partition coefficient (Wildman–Crippen LogP) is 6.35. The lowest BCUT2D eigenvalue weighted by Gasteiger charge is -2.21. The van der Waals surface area contributed by atoms with Crippen LogP contribution in [0.5, 0.6) is 0 Å². The van der Waals surface area contributed by atoms with Crippen LogP contribution in [0.1, 0.15) is 38.3 Å². The van der Waals surface area contributed by atoms with E-state index < -0.39 is 0 Å². The van der Waals surface area contributed by atoms with E-state index in [2.05, 4.69) is 15.4 Å². The Morgan fingerprint density at radius 3 is 2.76 bits per heavy atom. The zero-order valence-electron chi connectivity index (χ0n) is 18.6. The second-order valence-corrected chi connectivity index (χ2v) is 8.25. The minimum atomic E-state index is -0.276. The highest BCUT2D eigenvalue weighted by molar-refractivity contribution is 5.68. The number of fused-ring (bicyclic) bond motifs is 1. The van der Waals surface area contributed by atoms with Crippen molar-refractivity contribution in [3.63, 3.8) is 0 Å². The number of nitrogens with one attached hydrogen (secondary N) is 1. The Balaban J connectivity index is 1.45. The first-order valence-corrected chi connectivity index (χ1v) is 11.1. The van der Waals surface area contributed by atoms with Crippen molar-refractivity contribution in [2.75, 3.05) is 16.8 Å². The van der Waals surface area contributed by atoms with Gasteiger partial charge in [-0.3, -0.25) is 0 Å². The molecule has 0 aliphatic carbocycles. The Morgan fingerprint density at radius 1 is 1.09 bits per heavy atom. The quantitative estimate of drug-likeness (QED) is 0.389. The van der Waals surface area contributed by atoms with Crippen LogP contribution in [0.25, 0.3) is 16.9 Å². The molecule has 7 heteroatoms. The molecule has 3 heterocycles. The standard InChI is InChI=1S/C26H25F2N5/c1-3-21-8-5-13-32(21)23-10-9-19(15-22(23)28)24-16-29-26-12-11-25(31-33(24)26)30-17(2)18-6-4-7-20(27)14-18/h3-4,6-7,9-12,14-17H,5,8,13H2,1-2H3,(H,30,31)/b21-3+. The molecule has 1 aliphatic rings. The molecule has 5 rings (SSSR count). The highest BCUT2D eigenvalue weighted by atomic mass is 19.1. The molecule has 1 atom stereocenters. The van der Waals surface area contributed by atoms with Crippen LogP contribution in [0.3, 0.4) is 0 Å². The van der Waals surface area contributed by atoms with Gasteiger partial charge in [0.2, 0.25) is 0 Å². The lowest BCUT2D eigenvalue weighted by Crippen LogP contribution is -2.17. The summed E-state index contributed by atoms with van der Waals surface area (Å²) >= 11 is 0. The Hall–Kier alpha value is -3.74. The Labute approximate surface area is 191 Å². The molecule has 1 saturated heterocycles. The molecular weight excluding hydrogens is 420 g/mol. The number of aromatic nitrogens is 3. The fourth-order valence-electron chi connectivity index (χ4n) is 4.39. The second-order valence-electron chi connectivity index (χ2n) is 8.25. The smallest absolute Gasteiger partial charge is 0.154 e. The number of imidazole rings is 1. The maximum atomic E-state index is 15.1. The molecule has 0 saturated carbocycles. The summed E-state index contributed by atoms with van der Waals surface area (Å²) in [5, 5.41) is 7.96. The average molecular weight is 446 g/mol. The highest BCUT2D eigenvalue weighted by Crippen LogP contribution is 2.33. The molecule has 168 valence electrons. The van der Waals surface area contributed by atoms with E-state index in [4.69, 9.17) is 0 Å². The summed E-state index contributed by atoms with van der Waals surface area (Å²) in [7, 11) is 0. The van der Waals surface area contributed by atoms with Crippen LogP contribution in [0.4, 0.5) is 20.3 Å². The van der Waals surface area contributed by atoms with Gasteiger partial charge in [0.15, 0.2) is 5.65 Å². The van der Waals surface area contributed by atoms with Crippen LogP contribution in [-0.4, -0.2) is 21.1 Å². The molecule has 2 aromatic carbocycles. The fraction of sp³-hybridized carbons (Fsp3) is 0.231. The van der Waals surface area contributed by atoms with E-state index in [-0.39, 0.29) is 17.7 Å². The van der Waals surface area contributed by atoms with E-state index in [9.17, 15) is 4.39 Å². The summed E-state index contributed by atoms with van der Waals surface area (Å²) in [4.78, 5) is 6.46. The van der Waals surface area contributed by atoms with Gasteiger partial charge in [-0.05, 0) is 68.7 Å². The number of rotatable bonds is 5. The third-order valence-electron chi connectivity index (χ3n) is 6.10. The summed E-state index contributed by atoms with van der Waals surface area (Å²) < 4.78 is 30.4. The van der Waals surface area contributed by atoms with E-state index in [1.54, 1.807) is 22.8 Å². The van der Waals surface area contributed by atoms with Crippen molar-refractivity contribution in [1.82, 2.24) is 14.6 Å². The molecule has 1 unspecified atom stereocenters. The van der Waals surface area contributed by atoms with Crippen LogP contribution in [0.15, 0.2) is 72.6 Å². The van der Waals surface area contributed by atoms with E-state index >= 15 is 4.39 Å². The SMILES string of the molecule is C/C=C1\CCCN1c1ccc(-c2cnc3ccc(NC(C)c4cccc(F)c4)nn23)cc1F. The van der Waals surface area contributed by atoms with Gasteiger partial charge >= 0.3 is 0 Å². The van der Waals surface area contributed by atoms with Gasteiger partial charge in [-0.15, -0.1) is 5.10 Å². The van der Waals surface area contributed by atoms with Crippen molar-refractivity contribution in [3.05, 3.63) is 89.8 Å². The van der Waals surface area contributed by atoms with Crippen molar-refractivity contribution in [3.8, 4) is 11.3 Å². The lowest BCUT2D eigenvalue weighted by atomic mass is 10.1. The molecule has 33 heavy (non-hydrogen) atoms. The molecule has 0 amide bonds. The van der Waals surface area contributed by atoms with Crippen molar-refractivity contribution < 1.29 is 8.78 Å². The maximum absolute atomic E-state index is 15.1. The number of hydrogen-bond donors (Lipinski definition) is 1. The number of benzene rings is 2. The molecule has 1 N–H and O–H groups in total. The first kappa shape index (κ1) is 21.1. The molecule has 1 aliphatic heterocycles. The summed E-state index contributed by atoms with van der Waals surface area (Å²) in [6.45, 7) is 4.76. The summed E-state index contributed by atoms with van der Waals surface area (Å²) in [6, 6.07) is 15.3. The molecule has 0 radical (unpaired) electrons. The van der Waals surface area contributed by atoms with E-state index in [0.29, 0.717) is 28.4 Å². The first-order valence-electron chi connectivity index (χ1n) is 11.1. The number of halogens is 2. The Kier molecular flexibility index (Phi) is 5.54. The van der Waals surface area contributed by atoms with Crippen LogP contribution in [-0.2, 0) is 0 Å². The number of anilines is 2. The average Bonchev–Trinajstić information content (AvgIpc) is 3.45. The topological polar surface area (TPSA) is 45.5 Å². The minimum absolute atomic E-state index is 0.143. The van der Waals surface area contributed by atoms with Crippen molar-refractivity contribution in [2.45, 2.75) is 32.7 Å². The first-order chi connectivity index (χ1) is 16.0. The lowest BCUT2D eigenvalue weighted by molar-refractivity contribution is 0.623. The molecule has 1 fully saturated rings. The van der Waals surface area contributed by atoms with Gasteiger partial charge in [0.05, 0.1) is 23.6 Å². The zero-order valence-corrected chi connectivity index (χ0v) is 18.6. The van der Waals surface area contributed by atoms with Gasteiger partial charge in [-0.1, -0.05) is 24.3 Å². The molecular formula is C26H25F2N5. The molecule has 0 bridgehead atoms. The Bertz CT molecular complexity index is 1340. The van der Waals surface area contributed by atoms with Gasteiger partial charge in [0.1, 0.15) is 17.5 Å². The Morgan fingerprint density at radius 2 is 1.97 bits per heavy atom. The number of allylic oxidation sites excluding steroid dienone is 2. The van der Waals surface area contributed by atoms with Crippen LogP contribution in [0, 0.1) is 11.6 Å². The fourth-order valence-corrected chi connectivity index (χ4v) is 4.39. The summed E-state index contributed by atoms with van der Waals surface area (Å²) in [5.74, 6) is 0.0745. The van der Waals surface area contributed by atoms with Crippen LogP contribution in [0.2, 0.25) is 0 Å². The number of nitrogens with zero attached hydrogens (tertiary/aromatic N) is 4. The summed E-state index contributed by atoms with van der Waals surface area (Å²) in [6.07, 6.45) is 5.75. The van der Waals surface area contributed by atoms with E-state index in [1.807, 2.05) is 55.2 Å². The van der Waals surface area contributed by atoms with Gasteiger partial charge < -0.3 is 10.2 Å². The van der Waals surface area contributed by atoms with Gasteiger partial charge in [-0.25, -0.2) is 18.3 Å². The molecule has 0 spiro atoms. The molecule has 5 nitrogen and oxygen atoms in total. The number of hydrogen-bond acceptors (Lipinski definition) is 4. The normalized spacial score (nSPS) is 16.0. The molecule has 4 aromatic rings. The van der Waals surface area contributed by atoms with Crippen LogP contribution >= 0.6 is 0 Å². The van der Waals surface area contributed by atoms with E-state index in [1.165, 1.54) is 12.1 Å². The van der Waals surface area contributed by atoms with Gasteiger partial charge in [-0.2, -0.15) is 0 Å². The highest BCUT2D eigenvalue weighted by Gasteiger charge is 2.21.